The summed E-state index contributed by atoms with van der Waals surface area (Å²) in [7, 11) is 0. The third-order valence-electron chi connectivity index (χ3n) is 4.84. The first-order chi connectivity index (χ1) is 9.59. The first-order valence-corrected chi connectivity index (χ1v) is 8.87. The molecule has 0 aliphatic carbocycles. The smallest absolute Gasteiger partial charge is 0.152 e. The fourth-order valence-corrected chi connectivity index (χ4v) is 3.18. The van der Waals surface area contributed by atoms with Gasteiger partial charge in [-0.05, 0) is 46.2 Å². The van der Waals surface area contributed by atoms with Gasteiger partial charge in [-0.25, -0.2) is 0 Å². The largest absolute Gasteiger partial charge is 0.298 e. The van der Waals surface area contributed by atoms with Crippen LogP contribution in [-0.2, 0) is 4.79 Å². The first-order valence-electron chi connectivity index (χ1n) is 8.87. The van der Waals surface area contributed by atoms with Crippen LogP contribution in [-0.4, -0.2) is 29.3 Å². The van der Waals surface area contributed by atoms with E-state index in [-0.39, 0.29) is 5.54 Å². The highest BCUT2D eigenvalue weighted by atomic mass is 16.1. The van der Waals surface area contributed by atoms with Crippen molar-refractivity contribution in [2.24, 2.45) is 0 Å². The molecule has 0 amide bonds. The number of nitrogens with zero attached hydrogens (tertiary/aromatic N) is 1. The molecule has 0 atom stereocenters. The van der Waals surface area contributed by atoms with Crippen LogP contribution >= 0.6 is 0 Å². The fraction of sp³-hybridized carbons (Fsp3) is 0.944. The average molecular weight is 281 g/mol. The van der Waals surface area contributed by atoms with Gasteiger partial charge in [-0.2, -0.15) is 0 Å². The minimum absolute atomic E-state index is 0.242. The van der Waals surface area contributed by atoms with E-state index in [1.807, 2.05) is 0 Å². The summed E-state index contributed by atoms with van der Waals surface area (Å²) in [4.78, 5) is 15.0. The predicted molar refractivity (Wildman–Crippen MR) is 87.1 cm³/mol. The third kappa shape index (κ3) is 5.95. The van der Waals surface area contributed by atoms with Crippen molar-refractivity contribution in [2.75, 3.05) is 13.1 Å². The minimum Gasteiger partial charge on any atom is -0.298 e. The number of ketones is 1. The van der Waals surface area contributed by atoms with Crippen LogP contribution in [0.2, 0.25) is 0 Å². The van der Waals surface area contributed by atoms with Gasteiger partial charge in [0, 0.05) is 6.42 Å². The molecule has 2 heteroatoms. The Bertz CT molecular complexity index is 265. The molecule has 0 radical (unpaired) electrons. The monoisotopic (exact) mass is 281 g/mol. The molecule has 0 bridgehead atoms. The van der Waals surface area contributed by atoms with Crippen LogP contribution < -0.4 is 0 Å². The molecule has 0 aromatic rings. The Morgan fingerprint density at radius 1 is 0.900 bits per heavy atom. The zero-order chi connectivity index (χ0) is 14.8. The van der Waals surface area contributed by atoms with Gasteiger partial charge < -0.3 is 0 Å². The SMILES string of the molecule is CCCCCCCCC(=O)C(C)(C)N1CCCCCC1. The van der Waals surface area contributed by atoms with Crippen LogP contribution in [0.1, 0.15) is 91.4 Å². The van der Waals surface area contributed by atoms with E-state index in [1.54, 1.807) is 0 Å². The minimum atomic E-state index is -0.242. The maximum Gasteiger partial charge on any atom is 0.152 e. The Kier molecular flexibility index (Phi) is 8.44. The van der Waals surface area contributed by atoms with E-state index in [9.17, 15) is 4.79 Å². The summed E-state index contributed by atoms with van der Waals surface area (Å²) < 4.78 is 0. The molecular weight excluding hydrogens is 246 g/mol. The first kappa shape index (κ1) is 17.7. The number of carbonyl (C=O) groups is 1. The quantitative estimate of drug-likeness (QED) is 0.557. The van der Waals surface area contributed by atoms with E-state index in [0.717, 1.165) is 25.9 Å². The Balaban J connectivity index is 2.28. The van der Waals surface area contributed by atoms with Crippen molar-refractivity contribution in [3.05, 3.63) is 0 Å². The van der Waals surface area contributed by atoms with Crippen LogP contribution in [0.25, 0.3) is 0 Å². The highest BCUT2D eigenvalue weighted by Gasteiger charge is 2.33. The van der Waals surface area contributed by atoms with Crippen LogP contribution in [0.15, 0.2) is 0 Å². The number of likely N-dealkylation sites (tertiary alicyclic amines) is 1. The lowest BCUT2D eigenvalue weighted by Gasteiger charge is -2.36. The second kappa shape index (κ2) is 9.55. The normalized spacial score (nSPS) is 17.9. The number of carbonyl (C=O) groups excluding carboxylic acids is 1. The van der Waals surface area contributed by atoms with Gasteiger partial charge >= 0.3 is 0 Å². The van der Waals surface area contributed by atoms with Crippen molar-refractivity contribution in [3.8, 4) is 0 Å². The maximum absolute atomic E-state index is 12.5. The molecule has 0 N–H and O–H groups in total. The van der Waals surface area contributed by atoms with E-state index in [0.29, 0.717) is 5.78 Å². The van der Waals surface area contributed by atoms with Crippen molar-refractivity contribution in [3.63, 3.8) is 0 Å². The van der Waals surface area contributed by atoms with Gasteiger partial charge in [-0.15, -0.1) is 0 Å². The van der Waals surface area contributed by atoms with Gasteiger partial charge in [0.05, 0.1) is 5.54 Å². The summed E-state index contributed by atoms with van der Waals surface area (Å²) in [6, 6.07) is 0. The number of rotatable bonds is 9. The lowest BCUT2D eigenvalue weighted by atomic mass is 9.92. The highest BCUT2D eigenvalue weighted by Crippen LogP contribution is 2.23. The van der Waals surface area contributed by atoms with Crippen molar-refractivity contribution in [1.82, 2.24) is 4.90 Å². The lowest BCUT2D eigenvalue weighted by molar-refractivity contribution is -0.129. The summed E-state index contributed by atoms with van der Waals surface area (Å²) in [6.45, 7) is 8.73. The zero-order valence-corrected chi connectivity index (χ0v) is 14.0. The Labute approximate surface area is 126 Å². The van der Waals surface area contributed by atoms with Gasteiger partial charge in [0.2, 0.25) is 0 Å². The van der Waals surface area contributed by atoms with Crippen LogP contribution in [0.3, 0.4) is 0 Å². The number of Topliss-reactive ketones (excluding diaryl/α,β-unsaturated/α-hetero) is 1. The molecule has 0 aromatic carbocycles. The second-order valence-electron chi connectivity index (χ2n) is 6.90. The van der Waals surface area contributed by atoms with Gasteiger partial charge in [0.1, 0.15) is 0 Å². The summed E-state index contributed by atoms with van der Waals surface area (Å²) >= 11 is 0. The van der Waals surface area contributed by atoms with Gasteiger partial charge in [-0.1, -0.05) is 51.9 Å². The molecule has 0 aromatic heterocycles. The molecule has 0 spiro atoms. The second-order valence-corrected chi connectivity index (χ2v) is 6.90. The molecule has 0 saturated carbocycles. The molecule has 1 fully saturated rings. The maximum atomic E-state index is 12.5. The fourth-order valence-electron chi connectivity index (χ4n) is 3.18. The van der Waals surface area contributed by atoms with E-state index >= 15 is 0 Å². The van der Waals surface area contributed by atoms with Gasteiger partial charge in [0.25, 0.3) is 0 Å². The Hall–Kier alpha value is -0.370. The van der Waals surface area contributed by atoms with E-state index in [4.69, 9.17) is 0 Å². The van der Waals surface area contributed by atoms with Crippen molar-refractivity contribution in [2.45, 2.75) is 96.9 Å². The Morgan fingerprint density at radius 2 is 1.45 bits per heavy atom. The average Bonchev–Trinajstić information content (AvgIpc) is 2.71. The molecular formula is C18H35NO. The summed E-state index contributed by atoms with van der Waals surface area (Å²) in [5.41, 5.74) is -0.242. The standard InChI is InChI=1S/C18H35NO/c1-4-5-6-7-8-11-14-17(20)18(2,3)19-15-12-9-10-13-16-19/h4-16H2,1-3H3. The van der Waals surface area contributed by atoms with E-state index in [1.165, 1.54) is 57.8 Å². The van der Waals surface area contributed by atoms with Crippen LogP contribution in [0.4, 0.5) is 0 Å². The van der Waals surface area contributed by atoms with Crippen molar-refractivity contribution < 1.29 is 4.79 Å². The number of hydrogen-bond donors (Lipinski definition) is 0. The van der Waals surface area contributed by atoms with E-state index < -0.39 is 0 Å². The summed E-state index contributed by atoms with van der Waals surface area (Å²) in [5, 5.41) is 0. The molecule has 1 aliphatic rings. The van der Waals surface area contributed by atoms with Crippen molar-refractivity contribution in [1.29, 1.82) is 0 Å². The molecule has 1 rings (SSSR count). The number of hydrogen-bond acceptors (Lipinski definition) is 2. The van der Waals surface area contributed by atoms with Gasteiger partial charge in [-0.3, -0.25) is 9.69 Å². The zero-order valence-electron chi connectivity index (χ0n) is 14.0. The summed E-state index contributed by atoms with van der Waals surface area (Å²) in [5.74, 6) is 0.454. The molecule has 2 nitrogen and oxygen atoms in total. The molecule has 1 heterocycles. The molecule has 1 saturated heterocycles. The van der Waals surface area contributed by atoms with Crippen LogP contribution in [0.5, 0.6) is 0 Å². The molecule has 0 unspecified atom stereocenters. The third-order valence-corrected chi connectivity index (χ3v) is 4.84. The molecule has 118 valence electrons. The topological polar surface area (TPSA) is 20.3 Å². The number of unbranched alkanes of at least 4 members (excludes halogenated alkanes) is 5. The van der Waals surface area contributed by atoms with Crippen molar-refractivity contribution >= 4 is 5.78 Å². The van der Waals surface area contributed by atoms with Gasteiger partial charge in [0.15, 0.2) is 5.78 Å². The van der Waals surface area contributed by atoms with E-state index in [2.05, 4.69) is 25.7 Å². The molecule has 20 heavy (non-hydrogen) atoms. The lowest BCUT2D eigenvalue weighted by Crippen LogP contribution is -2.50. The molecule has 1 aliphatic heterocycles. The Morgan fingerprint density at radius 3 is 2.05 bits per heavy atom. The predicted octanol–water partition coefficient (Wildman–Crippen LogP) is 4.96. The summed E-state index contributed by atoms with van der Waals surface area (Å²) in [6.07, 6.45) is 13.5. The highest BCUT2D eigenvalue weighted by molar-refractivity contribution is 5.87. The van der Waals surface area contributed by atoms with Crippen LogP contribution in [0, 0.1) is 0 Å².